The highest BCUT2D eigenvalue weighted by Gasteiger charge is 2.42. The van der Waals surface area contributed by atoms with Gasteiger partial charge in [0.25, 0.3) is 0 Å². The Hall–Kier alpha value is -1.49. The van der Waals surface area contributed by atoms with Gasteiger partial charge in [0.2, 0.25) is 0 Å². The largest absolute Gasteiger partial charge is 0.409 e. The molecule has 2 rings (SSSR count). The van der Waals surface area contributed by atoms with Crippen LogP contribution < -0.4 is 5.43 Å². The first-order valence-corrected chi connectivity index (χ1v) is 4.82. The minimum absolute atomic E-state index is 0.544. The van der Waals surface area contributed by atoms with Gasteiger partial charge < -0.3 is 5.01 Å². The number of hydrogen-bond acceptors (Lipinski definition) is 2. The summed E-state index contributed by atoms with van der Waals surface area (Å²) < 4.78 is 37.5. The lowest BCUT2D eigenvalue weighted by atomic mass is 10.1. The second-order valence-corrected chi connectivity index (χ2v) is 3.63. The van der Waals surface area contributed by atoms with Crippen LogP contribution in [0.3, 0.4) is 0 Å². The van der Waals surface area contributed by atoms with E-state index in [1.54, 1.807) is 31.3 Å². The minimum Gasteiger partial charge on any atom is -0.310 e. The van der Waals surface area contributed by atoms with Crippen LogP contribution in [0, 0.1) is 0 Å². The van der Waals surface area contributed by atoms with E-state index >= 15 is 0 Å². The van der Waals surface area contributed by atoms with Crippen LogP contribution in [0.2, 0.25) is 0 Å². The number of alkyl halides is 3. The van der Waals surface area contributed by atoms with Gasteiger partial charge in [-0.25, -0.2) is 5.43 Å². The fraction of sp³-hybridized carbons (Fsp3) is 0.273. The van der Waals surface area contributed by atoms with Crippen LogP contribution in [0.4, 0.5) is 13.2 Å². The fourth-order valence-corrected chi connectivity index (χ4v) is 1.65. The molecular formula is C11H11F3N2. The van der Waals surface area contributed by atoms with Crippen molar-refractivity contribution in [3.63, 3.8) is 0 Å². The molecule has 1 aromatic rings. The fourth-order valence-electron chi connectivity index (χ4n) is 1.65. The van der Waals surface area contributed by atoms with Crippen molar-refractivity contribution in [1.82, 2.24) is 10.4 Å². The molecule has 0 aromatic heterocycles. The lowest BCUT2D eigenvalue weighted by Gasteiger charge is -2.19. The maximum absolute atomic E-state index is 12.5. The van der Waals surface area contributed by atoms with E-state index in [1.165, 1.54) is 11.1 Å². The molecular weight excluding hydrogens is 217 g/mol. The van der Waals surface area contributed by atoms with E-state index in [0.29, 0.717) is 5.70 Å². The molecule has 0 amide bonds. The second-order valence-electron chi connectivity index (χ2n) is 3.63. The summed E-state index contributed by atoms with van der Waals surface area (Å²) in [6.07, 6.45) is -3.07. The molecule has 1 aromatic carbocycles. The zero-order chi connectivity index (χ0) is 11.8. The van der Waals surface area contributed by atoms with Crippen molar-refractivity contribution >= 4 is 5.70 Å². The van der Waals surface area contributed by atoms with Gasteiger partial charge in [-0.3, -0.25) is 0 Å². The van der Waals surface area contributed by atoms with Crippen LogP contribution >= 0.6 is 0 Å². The van der Waals surface area contributed by atoms with Crippen molar-refractivity contribution in [3.05, 3.63) is 42.0 Å². The second kappa shape index (κ2) is 3.83. The molecule has 2 nitrogen and oxygen atoms in total. The number of hydrogen-bond donors (Lipinski definition) is 1. The standard InChI is InChI=1S/C11H11F3N2/c1-16-9(8-5-3-2-4-6-8)7-10(15-16)11(12,13)14/h2-7,10,15H,1H3. The summed E-state index contributed by atoms with van der Waals surface area (Å²) in [7, 11) is 1.57. The lowest BCUT2D eigenvalue weighted by Crippen LogP contribution is -2.42. The van der Waals surface area contributed by atoms with Gasteiger partial charge in [-0.2, -0.15) is 13.2 Å². The lowest BCUT2D eigenvalue weighted by molar-refractivity contribution is -0.148. The average molecular weight is 228 g/mol. The van der Waals surface area contributed by atoms with E-state index in [-0.39, 0.29) is 0 Å². The molecule has 1 aliphatic heterocycles. The smallest absolute Gasteiger partial charge is 0.310 e. The van der Waals surface area contributed by atoms with Crippen molar-refractivity contribution in [2.24, 2.45) is 0 Å². The minimum atomic E-state index is -4.26. The Morgan fingerprint density at radius 2 is 1.81 bits per heavy atom. The summed E-state index contributed by atoms with van der Waals surface area (Å²) in [5.41, 5.74) is 3.67. The Kier molecular flexibility index (Phi) is 2.63. The highest BCUT2D eigenvalue weighted by atomic mass is 19.4. The SMILES string of the molecule is CN1NC(C(F)(F)F)C=C1c1ccccc1. The van der Waals surface area contributed by atoms with Gasteiger partial charge in [0.15, 0.2) is 0 Å². The van der Waals surface area contributed by atoms with Gasteiger partial charge in [-0.05, 0) is 11.6 Å². The number of halogens is 3. The highest BCUT2D eigenvalue weighted by Crippen LogP contribution is 2.30. The van der Waals surface area contributed by atoms with E-state index in [9.17, 15) is 13.2 Å². The third-order valence-corrected chi connectivity index (χ3v) is 2.44. The molecule has 0 saturated heterocycles. The van der Waals surface area contributed by atoms with Crippen LogP contribution in [0.5, 0.6) is 0 Å². The van der Waals surface area contributed by atoms with E-state index in [4.69, 9.17) is 0 Å². The van der Waals surface area contributed by atoms with Crippen LogP contribution in [0.15, 0.2) is 36.4 Å². The van der Waals surface area contributed by atoms with E-state index in [1.807, 2.05) is 6.07 Å². The summed E-state index contributed by atoms with van der Waals surface area (Å²) in [5, 5.41) is 1.40. The third-order valence-electron chi connectivity index (χ3n) is 2.44. The van der Waals surface area contributed by atoms with Gasteiger partial charge in [0.1, 0.15) is 6.04 Å². The van der Waals surface area contributed by atoms with Gasteiger partial charge >= 0.3 is 6.18 Å². The molecule has 0 bridgehead atoms. The number of hydrazine groups is 1. The third kappa shape index (κ3) is 2.04. The molecule has 0 saturated carbocycles. The van der Waals surface area contributed by atoms with Gasteiger partial charge in [0, 0.05) is 7.05 Å². The van der Waals surface area contributed by atoms with Crippen LogP contribution in [0.1, 0.15) is 5.56 Å². The molecule has 0 radical (unpaired) electrons. The Morgan fingerprint density at radius 1 is 1.19 bits per heavy atom. The van der Waals surface area contributed by atoms with E-state index in [2.05, 4.69) is 5.43 Å². The van der Waals surface area contributed by atoms with Crippen molar-refractivity contribution in [1.29, 1.82) is 0 Å². The molecule has 1 aliphatic rings. The number of benzene rings is 1. The van der Waals surface area contributed by atoms with Crippen LogP contribution in [0.25, 0.3) is 5.70 Å². The molecule has 1 N–H and O–H groups in total. The van der Waals surface area contributed by atoms with Crippen molar-refractivity contribution in [2.75, 3.05) is 7.05 Å². The average Bonchev–Trinajstić information content (AvgIpc) is 2.61. The van der Waals surface area contributed by atoms with E-state index in [0.717, 1.165) is 5.56 Å². The molecule has 1 atom stereocenters. The zero-order valence-electron chi connectivity index (χ0n) is 8.62. The monoisotopic (exact) mass is 228 g/mol. The first kappa shape index (κ1) is 11.0. The zero-order valence-corrected chi connectivity index (χ0v) is 8.62. The number of nitrogens with zero attached hydrogens (tertiary/aromatic N) is 1. The summed E-state index contributed by atoms with van der Waals surface area (Å²) in [6.45, 7) is 0. The first-order valence-electron chi connectivity index (χ1n) is 4.82. The molecule has 0 spiro atoms. The molecule has 1 unspecified atom stereocenters. The highest BCUT2D eigenvalue weighted by molar-refractivity contribution is 5.66. The summed E-state index contributed by atoms with van der Waals surface area (Å²) in [6, 6.07) is 7.38. The summed E-state index contributed by atoms with van der Waals surface area (Å²) >= 11 is 0. The maximum Gasteiger partial charge on any atom is 0.409 e. The topological polar surface area (TPSA) is 15.3 Å². The number of rotatable bonds is 1. The van der Waals surface area contributed by atoms with Crippen LogP contribution in [-0.4, -0.2) is 24.3 Å². The summed E-state index contributed by atoms with van der Waals surface area (Å²) in [4.78, 5) is 0. The Balaban J connectivity index is 2.29. The predicted octanol–water partition coefficient (Wildman–Crippen LogP) is 2.41. The molecule has 16 heavy (non-hydrogen) atoms. The van der Waals surface area contributed by atoms with Crippen LogP contribution in [-0.2, 0) is 0 Å². The Labute approximate surface area is 91.3 Å². The van der Waals surface area contributed by atoms with E-state index < -0.39 is 12.2 Å². The molecule has 0 fully saturated rings. The summed E-state index contributed by atoms with van der Waals surface area (Å²) in [5.74, 6) is 0. The Morgan fingerprint density at radius 3 is 2.31 bits per heavy atom. The maximum atomic E-state index is 12.5. The molecule has 86 valence electrons. The predicted molar refractivity (Wildman–Crippen MR) is 55.2 cm³/mol. The quantitative estimate of drug-likeness (QED) is 0.794. The van der Waals surface area contributed by atoms with Gasteiger partial charge in [-0.1, -0.05) is 30.3 Å². The van der Waals surface area contributed by atoms with Crippen molar-refractivity contribution in [3.8, 4) is 0 Å². The number of nitrogens with one attached hydrogen (secondary N) is 1. The van der Waals surface area contributed by atoms with Crippen molar-refractivity contribution in [2.45, 2.75) is 12.2 Å². The molecule has 1 heterocycles. The molecule has 0 aliphatic carbocycles. The first-order chi connectivity index (χ1) is 7.48. The Bertz CT molecular complexity index is 397. The van der Waals surface area contributed by atoms with Crippen molar-refractivity contribution < 1.29 is 13.2 Å². The normalized spacial score (nSPS) is 21.1. The molecule has 5 heteroatoms. The van der Waals surface area contributed by atoms with Gasteiger partial charge in [0.05, 0.1) is 5.70 Å². The van der Waals surface area contributed by atoms with Gasteiger partial charge in [-0.15, -0.1) is 0 Å².